The van der Waals surface area contributed by atoms with Crippen molar-refractivity contribution in [2.24, 2.45) is 0 Å². The third-order valence-electron chi connectivity index (χ3n) is 3.16. The van der Waals surface area contributed by atoms with Gasteiger partial charge in [0.15, 0.2) is 0 Å². The van der Waals surface area contributed by atoms with Gasteiger partial charge in [-0.3, -0.25) is 0 Å². The van der Waals surface area contributed by atoms with Crippen LogP contribution in [0.1, 0.15) is 35.5 Å². The normalized spacial score (nSPS) is 12.6. The average molecular weight is 229 g/mol. The molecule has 90 valence electrons. The molecule has 2 N–H and O–H groups in total. The topological polar surface area (TPSA) is 40.7 Å². The van der Waals surface area contributed by atoms with Crippen molar-refractivity contribution < 1.29 is 0 Å². The van der Waals surface area contributed by atoms with Gasteiger partial charge in [-0.05, 0) is 31.9 Å². The quantitative estimate of drug-likeness (QED) is 0.846. The van der Waals surface area contributed by atoms with E-state index in [1.54, 1.807) is 6.33 Å². The molecule has 0 saturated carbocycles. The molecule has 2 aromatic rings. The third-order valence-corrected chi connectivity index (χ3v) is 3.16. The number of aromatic amines is 1. The Balaban J connectivity index is 2.01. The van der Waals surface area contributed by atoms with Gasteiger partial charge in [-0.15, -0.1) is 0 Å². The number of aromatic nitrogens is 2. The molecule has 0 saturated heterocycles. The van der Waals surface area contributed by atoms with Crippen LogP contribution in [0.15, 0.2) is 30.6 Å². The molecule has 0 spiro atoms. The van der Waals surface area contributed by atoms with Gasteiger partial charge < -0.3 is 10.3 Å². The lowest BCUT2D eigenvalue weighted by molar-refractivity contribution is 0.565. The lowest BCUT2D eigenvalue weighted by Crippen LogP contribution is -2.19. The molecule has 0 radical (unpaired) electrons. The standard InChI is InChI=1S/C14H19N3/c1-10-6-4-5-7-13(10)11(2)15-8-14-12(3)16-9-17-14/h4-7,9,11,15H,8H2,1-3H3,(H,16,17)/t11-/m1/s1. The Morgan fingerprint density at radius 1 is 1.29 bits per heavy atom. The van der Waals surface area contributed by atoms with E-state index < -0.39 is 0 Å². The van der Waals surface area contributed by atoms with Crippen molar-refractivity contribution in [1.82, 2.24) is 15.3 Å². The Morgan fingerprint density at radius 3 is 2.71 bits per heavy atom. The predicted octanol–water partition coefficient (Wildman–Crippen LogP) is 2.88. The molecule has 0 aliphatic heterocycles. The zero-order valence-electron chi connectivity index (χ0n) is 10.6. The molecule has 2 rings (SSSR count). The fourth-order valence-electron chi connectivity index (χ4n) is 2.00. The van der Waals surface area contributed by atoms with Gasteiger partial charge in [-0.25, -0.2) is 4.98 Å². The van der Waals surface area contributed by atoms with Crippen LogP contribution >= 0.6 is 0 Å². The van der Waals surface area contributed by atoms with E-state index in [0.29, 0.717) is 6.04 Å². The van der Waals surface area contributed by atoms with Gasteiger partial charge in [0.2, 0.25) is 0 Å². The number of aryl methyl sites for hydroxylation is 2. The maximum atomic E-state index is 4.29. The maximum absolute atomic E-state index is 4.29. The van der Waals surface area contributed by atoms with Gasteiger partial charge in [0.25, 0.3) is 0 Å². The summed E-state index contributed by atoms with van der Waals surface area (Å²) in [4.78, 5) is 7.38. The Labute approximate surface area is 102 Å². The largest absolute Gasteiger partial charge is 0.348 e. The highest BCUT2D eigenvalue weighted by Gasteiger charge is 2.08. The zero-order chi connectivity index (χ0) is 12.3. The molecule has 0 fully saturated rings. The molecule has 1 atom stereocenters. The highest BCUT2D eigenvalue weighted by Crippen LogP contribution is 2.17. The van der Waals surface area contributed by atoms with Crippen LogP contribution in [0.2, 0.25) is 0 Å². The van der Waals surface area contributed by atoms with Crippen molar-refractivity contribution in [1.29, 1.82) is 0 Å². The molecule has 1 aromatic heterocycles. The first kappa shape index (κ1) is 11.9. The van der Waals surface area contributed by atoms with Gasteiger partial charge in [-0.1, -0.05) is 24.3 Å². The van der Waals surface area contributed by atoms with E-state index in [2.05, 4.69) is 53.4 Å². The molecule has 3 nitrogen and oxygen atoms in total. The molecular weight excluding hydrogens is 210 g/mol. The number of benzene rings is 1. The van der Waals surface area contributed by atoms with Crippen LogP contribution in [-0.2, 0) is 6.54 Å². The van der Waals surface area contributed by atoms with Gasteiger partial charge >= 0.3 is 0 Å². The Bertz CT molecular complexity index is 488. The van der Waals surface area contributed by atoms with Crippen LogP contribution in [0.25, 0.3) is 0 Å². The molecular formula is C14H19N3. The minimum Gasteiger partial charge on any atom is -0.348 e. The van der Waals surface area contributed by atoms with Crippen LogP contribution in [0, 0.1) is 13.8 Å². The summed E-state index contributed by atoms with van der Waals surface area (Å²) < 4.78 is 0. The monoisotopic (exact) mass is 229 g/mol. The summed E-state index contributed by atoms with van der Waals surface area (Å²) in [6.07, 6.45) is 1.74. The Kier molecular flexibility index (Phi) is 3.59. The van der Waals surface area contributed by atoms with E-state index in [1.807, 2.05) is 6.92 Å². The molecule has 0 aliphatic carbocycles. The van der Waals surface area contributed by atoms with Crippen LogP contribution in [-0.4, -0.2) is 9.97 Å². The maximum Gasteiger partial charge on any atom is 0.0925 e. The zero-order valence-corrected chi connectivity index (χ0v) is 10.6. The highest BCUT2D eigenvalue weighted by atomic mass is 15.0. The van der Waals surface area contributed by atoms with Crippen LogP contribution in [0.3, 0.4) is 0 Å². The SMILES string of the molecule is Cc1ccccc1[C@@H](C)NCc1nc[nH]c1C. The van der Waals surface area contributed by atoms with E-state index in [4.69, 9.17) is 0 Å². The first-order valence-electron chi connectivity index (χ1n) is 5.96. The van der Waals surface area contributed by atoms with Crippen molar-refractivity contribution in [3.63, 3.8) is 0 Å². The molecule has 3 heteroatoms. The lowest BCUT2D eigenvalue weighted by Gasteiger charge is -2.16. The fraction of sp³-hybridized carbons (Fsp3) is 0.357. The van der Waals surface area contributed by atoms with E-state index in [9.17, 15) is 0 Å². The van der Waals surface area contributed by atoms with E-state index in [-0.39, 0.29) is 0 Å². The number of rotatable bonds is 4. The molecule has 0 unspecified atom stereocenters. The summed E-state index contributed by atoms with van der Waals surface area (Å²) >= 11 is 0. The first-order chi connectivity index (χ1) is 8.18. The van der Waals surface area contributed by atoms with Crippen LogP contribution in [0.4, 0.5) is 0 Å². The summed E-state index contributed by atoms with van der Waals surface area (Å²) in [5.41, 5.74) is 4.90. The number of nitrogens with zero attached hydrogens (tertiary/aromatic N) is 1. The van der Waals surface area contributed by atoms with Gasteiger partial charge in [0, 0.05) is 18.3 Å². The van der Waals surface area contributed by atoms with Gasteiger partial charge in [0.1, 0.15) is 0 Å². The summed E-state index contributed by atoms with van der Waals surface area (Å²) in [6.45, 7) is 7.17. The summed E-state index contributed by atoms with van der Waals surface area (Å²) in [5.74, 6) is 0. The molecule has 0 amide bonds. The van der Waals surface area contributed by atoms with E-state index in [1.165, 1.54) is 11.1 Å². The minimum atomic E-state index is 0.340. The second-order valence-electron chi connectivity index (χ2n) is 4.43. The molecule has 0 aliphatic rings. The Hall–Kier alpha value is -1.61. The minimum absolute atomic E-state index is 0.340. The first-order valence-corrected chi connectivity index (χ1v) is 5.96. The second-order valence-corrected chi connectivity index (χ2v) is 4.43. The van der Waals surface area contributed by atoms with Gasteiger partial charge in [0.05, 0.1) is 12.0 Å². The fourth-order valence-corrected chi connectivity index (χ4v) is 2.00. The number of hydrogen-bond donors (Lipinski definition) is 2. The van der Waals surface area contributed by atoms with Crippen molar-refractivity contribution >= 4 is 0 Å². The van der Waals surface area contributed by atoms with Crippen molar-refractivity contribution in [2.45, 2.75) is 33.4 Å². The molecule has 1 aromatic carbocycles. The van der Waals surface area contributed by atoms with Crippen LogP contribution < -0.4 is 5.32 Å². The number of imidazole rings is 1. The molecule has 0 bridgehead atoms. The Morgan fingerprint density at radius 2 is 2.06 bits per heavy atom. The highest BCUT2D eigenvalue weighted by molar-refractivity contribution is 5.28. The number of H-pyrrole nitrogens is 1. The van der Waals surface area contributed by atoms with Crippen molar-refractivity contribution in [3.05, 3.63) is 53.1 Å². The smallest absolute Gasteiger partial charge is 0.0925 e. The van der Waals surface area contributed by atoms with E-state index >= 15 is 0 Å². The van der Waals surface area contributed by atoms with Crippen LogP contribution in [0.5, 0.6) is 0 Å². The summed E-state index contributed by atoms with van der Waals surface area (Å²) in [7, 11) is 0. The average Bonchev–Trinajstić information content (AvgIpc) is 2.72. The predicted molar refractivity (Wildman–Crippen MR) is 69.8 cm³/mol. The third kappa shape index (κ3) is 2.74. The molecule has 1 heterocycles. The lowest BCUT2D eigenvalue weighted by atomic mass is 10.0. The summed E-state index contributed by atoms with van der Waals surface area (Å²) in [6, 6.07) is 8.81. The van der Waals surface area contributed by atoms with Crippen molar-refractivity contribution in [3.8, 4) is 0 Å². The van der Waals surface area contributed by atoms with Crippen molar-refractivity contribution in [2.75, 3.05) is 0 Å². The number of hydrogen-bond acceptors (Lipinski definition) is 2. The van der Waals surface area contributed by atoms with E-state index in [0.717, 1.165) is 17.9 Å². The second kappa shape index (κ2) is 5.15. The summed E-state index contributed by atoms with van der Waals surface area (Å²) in [5, 5.41) is 3.50. The number of nitrogens with one attached hydrogen (secondary N) is 2. The molecule has 17 heavy (non-hydrogen) atoms. The van der Waals surface area contributed by atoms with Gasteiger partial charge in [-0.2, -0.15) is 0 Å².